The maximum Gasteiger partial charge on any atom is 0.243 e. The summed E-state index contributed by atoms with van der Waals surface area (Å²) in [5.74, 6) is -0.148. The number of nitrogens with zero attached hydrogens (tertiary/aromatic N) is 2. The van der Waals surface area contributed by atoms with Crippen molar-refractivity contribution in [2.75, 3.05) is 24.2 Å². The number of benzene rings is 1. The summed E-state index contributed by atoms with van der Waals surface area (Å²) in [6.07, 6.45) is 6.65. The molecular weight excluding hydrogens is 324 g/mol. The van der Waals surface area contributed by atoms with E-state index in [1.54, 1.807) is 18.0 Å². The van der Waals surface area contributed by atoms with Gasteiger partial charge >= 0.3 is 0 Å². The molecular formula is C18H28N2O3S. The molecule has 1 aromatic rings. The first kappa shape index (κ1) is 18.8. The van der Waals surface area contributed by atoms with Gasteiger partial charge in [0.05, 0.1) is 11.9 Å². The van der Waals surface area contributed by atoms with Crippen molar-refractivity contribution in [2.24, 2.45) is 0 Å². The molecule has 0 atom stereocenters. The minimum absolute atomic E-state index is 0.145. The lowest BCUT2D eigenvalue weighted by molar-refractivity contribution is -0.130. The summed E-state index contributed by atoms with van der Waals surface area (Å²) in [7, 11) is -1.73. The van der Waals surface area contributed by atoms with Gasteiger partial charge in [-0.25, -0.2) is 8.42 Å². The van der Waals surface area contributed by atoms with Crippen molar-refractivity contribution in [3.63, 3.8) is 0 Å². The Morgan fingerprint density at radius 2 is 1.75 bits per heavy atom. The average molecular weight is 353 g/mol. The molecule has 1 aliphatic rings. The molecule has 134 valence electrons. The summed E-state index contributed by atoms with van der Waals surface area (Å²) in [6.45, 7) is 3.77. The molecule has 0 aliphatic heterocycles. The van der Waals surface area contributed by atoms with Crippen LogP contribution in [0.4, 0.5) is 5.69 Å². The fourth-order valence-corrected chi connectivity index (χ4v) is 4.03. The lowest BCUT2D eigenvalue weighted by Crippen LogP contribution is -2.45. The minimum atomic E-state index is -3.52. The van der Waals surface area contributed by atoms with Crippen molar-refractivity contribution in [1.82, 2.24) is 4.90 Å². The second kappa shape index (κ2) is 7.55. The van der Waals surface area contributed by atoms with Gasteiger partial charge in [-0.3, -0.25) is 9.10 Å². The zero-order valence-corrected chi connectivity index (χ0v) is 15.9. The van der Waals surface area contributed by atoms with Gasteiger partial charge in [0, 0.05) is 13.1 Å². The van der Waals surface area contributed by atoms with Crippen LogP contribution >= 0.6 is 0 Å². The maximum absolute atomic E-state index is 12.6. The Labute approximate surface area is 145 Å². The fourth-order valence-electron chi connectivity index (χ4n) is 3.19. The van der Waals surface area contributed by atoms with Gasteiger partial charge in [-0.05, 0) is 49.9 Å². The normalized spacial score (nSPS) is 16.0. The molecule has 0 radical (unpaired) electrons. The number of rotatable bonds is 5. The quantitative estimate of drug-likeness (QED) is 0.819. The van der Waals surface area contributed by atoms with Gasteiger partial charge in [0.25, 0.3) is 0 Å². The monoisotopic (exact) mass is 352 g/mol. The van der Waals surface area contributed by atoms with Crippen LogP contribution in [0.5, 0.6) is 0 Å². The van der Waals surface area contributed by atoms with Crippen LogP contribution in [-0.2, 0) is 14.8 Å². The van der Waals surface area contributed by atoms with Gasteiger partial charge in [0.1, 0.15) is 6.54 Å². The van der Waals surface area contributed by atoms with Crippen molar-refractivity contribution >= 4 is 21.6 Å². The van der Waals surface area contributed by atoms with Crippen LogP contribution in [0.25, 0.3) is 0 Å². The number of hydrogen-bond donors (Lipinski definition) is 0. The lowest BCUT2D eigenvalue weighted by Gasteiger charge is -2.33. The first-order valence-electron chi connectivity index (χ1n) is 8.51. The molecule has 0 bridgehead atoms. The standard InChI is InChI=1S/C18H28N2O3S/c1-14-10-11-17(12-15(14)2)20(24(4,22)23)13-18(21)19(3)16-8-6-5-7-9-16/h10-12,16H,5-9,13H2,1-4H3. The first-order chi connectivity index (χ1) is 11.2. The summed E-state index contributed by atoms with van der Waals surface area (Å²) in [6, 6.07) is 5.70. The van der Waals surface area contributed by atoms with Gasteiger partial charge in [-0.1, -0.05) is 25.3 Å². The zero-order chi connectivity index (χ0) is 17.9. The number of likely N-dealkylation sites (N-methyl/N-ethyl adjacent to an activating group) is 1. The number of carbonyl (C=O) groups is 1. The van der Waals surface area contributed by atoms with Crippen LogP contribution in [0.1, 0.15) is 43.2 Å². The van der Waals surface area contributed by atoms with Crippen molar-refractivity contribution in [3.05, 3.63) is 29.3 Å². The Balaban J connectivity index is 2.19. The van der Waals surface area contributed by atoms with Crippen LogP contribution in [0, 0.1) is 13.8 Å². The van der Waals surface area contributed by atoms with Gasteiger partial charge in [0.15, 0.2) is 0 Å². The van der Waals surface area contributed by atoms with Gasteiger partial charge in [0.2, 0.25) is 15.9 Å². The van der Waals surface area contributed by atoms with Crippen LogP contribution < -0.4 is 4.31 Å². The van der Waals surface area contributed by atoms with E-state index in [9.17, 15) is 13.2 Å². The van der Waals surface area contributed by atoms with Crippen LogP contribution in [0.3, 0.4) is 0 Å². The summed E-state index contributed by atoms with van der Waals surface area (Å²) in [5.41, 5.74) is 2.65. The Morgan fingerprint density at radius 3 is 2.29 bits per heavy atom. The third-order valence-electron chi connectivity index (χ3n) is 4.97. The molecule has 0 aromatic heterocycles. The number of hydrogen-bond acceptors (Lipinski definition) is 3. The summed E-state index contributed by atoms with van der Waals surface area (Å²) in [4.78, 5) is 14.4. The second-order valence-corrected chi connectivity index (χ2v) is 8.74. The molecule has 5 nitrogen and oxygen atoms in total. The first-order valence-corrected chi connectivity index (χ1v) is 10.4. The van der Waals surface area contributed by atoms with Crippen LogP contribution in [-0.4, -0.2) is 45.1 Å². The predicted molar refractivity (Wildman–Crippen MR) is 97.7 cm³/mol. The molecule has 0 unspecified atom stereocenters. The molecule has 1 aromatic carbocycles. The molecule has 1 aliphatic carbocycles. The van der Waals surface area contributed by atoms with Crippen molar-refractivity contribution < 1.29 is 13.2 Å². The molecule has 2 rings (SSSR count). The second-order valence-electron chi connectivity index (χ2n) is 6.83. The molecule has 0 heterocycles. The number of aryl methyl sites for hydroxylation is 2. The highest BCUT2D eigenvalue weighted by atomic mass is 32.2. The van der Waals surface area contributed by atoms with Gasteiger partial charge < -0.3 is 4.90 Å². The Hall–Kier alpha value is -1.56. The van der Waals surface area contributed by atoms with Crippen LogP contribution in [0.15, 0.2) is 18.2 Å². The van der Waals surface area contributed by atoms with E-state index in [4.69, 9.17) is 0 Å². The van der Waals surface area contributed by atoms with E-state index in [-0.39, 0.29) is 18.5 Å². The van der Waals surface area contributed by atoms with Crippen molar-refractivity contribution in [1.29, 1.82) is 0 Å². The summed E-state index contributed by atoms with van der Waals surface area (Å²) < 4.78 is 25.6. The predicted octanol–water partition coefficient (Wildman–Crippen LogP) is 2.86. The summed E-state index contributed by atoms with van der Waals surface area (Å²) in [5, 5.41) is 0. The number of carbonyl (C=O) groups excluding carboxylic acids is 1. The van der Waals surface area contributed by atoms with E-state index in [1.165, 1.54) is 10.7 Å². The number of amides is 1. The van der Waals surface area contributed by atoms with E-state index < -0.39 is 10.0 Å². The number of sulfonamides is 1. The minimum Gasteiger partial charge on any atom is -0.341 e. The van der Waals surface area contributed by atoms with Crippen molar-refractivity contribution in [2.45, 2.75) is 52.0 Å². The third kappa shape index (κ3) is 4.50. The van der Waals surface area contributed by atoms with E-state index in [0.29, 0.717) is 5.69 Å². The SMILES string of the molecule is Cc1ccc(N(CC(=O)N(C)C2CCCCC2)S(C)(=O)=O)cc1C. The Morgan fingerprint density at radius 1 is 1.12 bits per heavy atom. The average Bonchev–Trinajstić information content (AvgIpc) is 2.54. The van der Waals surface area contributed by atoms with Gasteiger partial charge in [-0.2, -0.15) is 0 Å². The highest BCUT2D eigenvalue weighted by molar-refractivity contribution is 7.92. The molecule has 1 saturated carbocycles. The lowest BCUT2D eigenvalue weighted by atomic mass is 9.94. The summed E-state index contributed by atoms with van der Waals surface area (Å²) >= 11 is 0. The molecule has 1 fully saturated rings. The fraction of sp³-hybridized carbons (Fsp3) is 0.611. The topological polar surface area (TPSA) is 57.7 Å². The third-order valence-corrected chi connectivity index (χ3v) is 6.11. The molecule has 0 spiro atoms. The maximum atomic E-state index is 12.6. The van der Waals surface area contributed by atoms with Crippen molar-refractivity contribution in [3.8, 4) is 0 Å². The van der Waals surface area contributed by atoms with E-state index in [2.05, 4.69) is 0 Å². The molecule has 6 heteroatoms. The van der Waals surface area contributed by atoms with E-state index >= 15 is 0 Å². The largest absolute Gasteiger partial charge is 0.341 e. The number of anilines is 1. The smallest absolute Gasteiger partial charge is 0.243 e. The molecule has 1 amide bonds. The van der Waals surface area contributed by atoms with Crippen LogP contribution in [0.2, 0.25) is 0 Å². The zero-order valence-electron chi connectivity index (χ0n) is 15.1. The molecule has 0 N–H and O–H groups in total. The highest BCUT2D eigenvalue weighted by Gasteiger charge is 2.27. The Bertz CT molecular complexity index is 694. The highest BCUT2D eigenvalue weighted by Crippen LogP contribution is 2.24. The van der Waals surface area contributed by atoms with E-state index in [1.807, 2.05) is 26.0 Å². The van der Waals surface area contributed by atoms with E-state index in [0.717, 1.165) is 43.1 Å². The molecule has 24 heavy (non-hydrogen) atoms. The Kier molecular flexibility index (Phi) is 5.91. The molecule has 0 saturated heterocycles. The van der Waals surface area contributed by atoms with Gasteiger partial charge in [-0.15, -0.1) is 0 Å².